The molecule has 1 N–H and O–H groups in total. The first-order valence-corrected chi connectivity index (χ1v) is 5.15. The smallest absolute Gasteiger partial charge is 0.311 e. The van der Waals surface area contributed by atoms with E-state index >= 15 is 0 Å². The van der Waals surface area contributed by atoms with Crippen molar-refractivity contribution in [3.63, 3.8) is 0 Å². The molecule has 0 radical (unpaired) electrons. The summed E-state index contributed by atoms with van der Waals surface area (Å²) in [6.45, 7) is 0. The summed E-state index contributed by atoms with van der Waals surface area (Å²) < 4.78 is 5.00. The number of hydrogen-bond acceptors (Lipinski definition) is 2. The molecule has 15 heavy (non-hydrogen) atoms. The molecule has 1 atom stereocenters. The van der Waals surface area contributed by atoms with E-state index in [-0.39, 0.29) is 0 Å². The second kappa shape index (κ2) is 5.61. The number of alkyl halides is 1. The molecule has 3 nitrogen and oxygen atoms in total. The van der Waals surface area contributed by atoms with Gasteiger partial charge in [0.1, 0.15) is 5.75 Å². The van der Waals surface area contributed by atoms with Crippen LogP contribution in [0.5, 0.6) is 5.75 Å². The first kappa shape index (κ1) is 11.9. The molecule has 0 aromatic heterocycles. The van der Waals surface area contributed by atoms with Gasteiger partial charge in [-0.2, -0.15) is 0 Å². The molecule has 0 aliphatic heterocycles. The zero-order valence-corrected chi connectivity index (χ0v) is 9.20. The highest BCUT2D eigenvalue weighted by Crippen LogP contribution is 2.23. The molecule has 1 aromatic carbocycles. The molecule has 82 valence electrons. The minimum atomic E-state index is -0.846. The van der Waals surface area contributed by atoms with Gasteiger partial charge in [-0.3, -0.25) is 4.79 Å². The average Bonchev–Trinajstić information content (AvgIpc) is 2.26. The fourth-order valence-corrected chi connectivity index (χ4v) is 1.60. The lowest BCUT2D eigenvalue weighted by atomic mass is 9.97. The average molecular weight is 229 g/mol. The minimum Gasteiger partial charge on any atom is -0.497 e. The second-order valence-corrected chi connectivity index (χ2v) is 3.52. The number of aliphatic carboxylic acids is 1. The van der Waals surface area contributed by atoms with Crippen LogP contribution in [0.4, 0.5) is 0 Å². The van der Waals surface area contributed by atoms with E-state index in [1.807, 2.05) is 0 Å². The number of rotatable bonds is 5. The molecule has 1 unspecified atom stereocenters. The Morgan fingerprint density at radius 2 is 2.07 bits per heavy atom. The third-order valence-electron chi connectivity index (χ3n) is 2.21. The van der Waals surface area contributed by atoms with E-state index in [2.05, 4.69) is 0 Å². The standard InChI is InChI=1S/C11H13ClO3/c1-15-9-4-2-8(3-5-9)10(6-7-12)11(13)14/h2-5,10H,6-7H2,1H3,(H,13,14). The summed E-state index contributed by atoms with van der Waals surface area (Å²) in [6, 6.07) is 7.01. The van der Waals surface area contributed by atoms with Crippen LogP contribution in [-0.4, -0.2) is 24.1 Å². The maximum Gasteiger partial charge on any atom is 0.311 e. The van der Waals surface area contributed by atoms with Crippen molar-refractivity contribution in [1.29, 1.82) is 0 Å². The van der Waals surface area contributed by atoms with Crippen molar-refractivity contribution >= 4 is 17.6 Å². The molecule has 4 heteroatoms. The number of carboxylic acid groups (broad SMARTS) is 1. The van der Waals surface area contributed by atoms with Crippen molar-refractivity contribution in [2.24, 2.45) is 0 Å². The number of ether oxygens (including phenoxy) is 1. The molecule has 0 aliphatic rings. The summed E-state index contributed by atoms with van der Waals surface area (Å²) in [5.74, 6) is -0.328. The Morgan fingerprint density at radius 3 is 2.47 bits per heavy atom. The number of methoxy groups -OCH3 is 1. The Hall–Kier alpha value is -1.22. The normalized spacial score (nSPS) is 12.1. The highest BCUT2D eigenvalue weighted by molar-refractivity contribution is 6.18. The Morgan fingerprint density at radius 1 is 1.47 bits per heavy atom. The van der Waals surface area contributed by atoms with E-state index in [1.54, 1.807) is 31.4 Å². The van der Waals surface area contributed by atoms with E-state index in [1.165, 1.54) is 0 Å². The summed E-state index contributed by atoms with van der Waals surface area (Å²) >= 11 is 5.56. The minimum absolute atomic E-state index is 0.336. The Labute approximate surface area is 93.6 Å². The van der Waals surface area contributed by atoms with E-state index in [0.717, 1.165) is 5.56 Å². The van der Waals surface area contributed by atoms with Crippen molar-refractivity contribution in [3.05, 3.63) is 29.8 Å². The Balaban J connectivity index is 2.86. The van der Waals surface area contributed by atoms with Crippen LogP contribution in [0.15, 0.2) is 24.3 Å². The summed E-state index contributed by atoms with van der Waals surface area (Å²) in [5, 5.41) is 8.99. The molecule has 0 heterocycles. The number of benzene rings is 1. The molecule has 0 amide bonds. The predicted molar refractivity (Wildman–Crippen MR) is 58.7 cm³/mol. The van der Waals surface area contributed by atoms with Gasteiger partial charge in [0.05, 0.1) is 13.0 Å². The second-order valence-electron chi connectivity index (χ2n) is 3.14. The van der Waals surface area contributed by atoms with E-state index in [0.29, 0.717) is 18.1 Å². The number of carbonyl (C=O) groups is 1. The van der Waals surface area contributed by atoms with Crippen molar-refractivity contribution in [1.82, 2.24) is 0 Å². The Bertz CT molecular complexity index is 321. The summed E-state index contributed by atoms with van der Waals surface area (Å²) in [6.07, 6.45) is 0.434. The van der Waals surface area contributed by atoms with Gasteiger partial charge in [-0.15, -0.1) is 11.6 Å². The van der Waals surface area contributed by atoms with Crippen LogP contribution in [0.2, 0.25) is 0 Å². The van der Waals surface area contributed by atoms with Crippen molar-refractivity contribution < 1.29 is 14.6 Å². The van der Waals surface area contributed by atoms with Crippen molar-refractivity contribution in [2.75, 3.05) is 13.0 Å². The highest BCUT2D eigenvalue weighted by atomic mass is 35.5. The van der Waals surface area contributed by atoms with Crippen LogP contribution in [0.25, 0.3) is 0 Å². The molecule has 1 rings (SSSR count). The lowest BCUT2D eigenvalue weighted by Gasteiger charge is -2.11. The third kappa shape index (κ3) is 3.13. The maximum absolute atomic E-state index is 11.0. The molecule has 0 spiro atoms. The fraction of sp³-hybridized carbons (Fsp3) is 0.364. The highest BCUT2D eigenvalue weighted by Gasteiger charge is 2.18. The molecular formula is C11H13ClO3. The molecule has 0 bridgehead atoms. The van der Waals surface area contributed by atoms with Gasteiger partial charge in [0.25, 0.3) is 0 Å². The monoisotopic (exact) mass is 228 g/mol. The van der Waals surface area contributed by atoms with Gasteiger partial charge in [0.15, 0.2) is 0 Å². The van der Waals surface area contributed by atoms with Gasteiger partial charge in [-0.25, -0.2) is 0 Å². The number of carboxylic acids is 1. The number of hydrogen-bond donors (Lipinski definition) is 1. The van der Waals surface area contributed by atoms with Crippen molar-refractivity contribution in [2.45, 2.75) is 12.3 Å². The van der Waals surface area contributed by atoms with E-state index in [4.69, 9.17) is 21.4 Å². The van der Waals surface area contributed by atoms with Crippen LogP contribution in [0.1, 0.15) is 17.9 Å². The van der Waals surface area contributed by atoms with Crippen LogP contribution in [-0.2, 0) is 4.79 Å². The van der Waals surface area contributed by atoms with E-state index < -0.39 is 11.9 Å². The quantitative estimate of drug-likeness (QED) is 0.788. The number of halogens is 1. The first-order valence-electron chi connectivity index (χ1n) is 4.61. The lowest BCUT2D eigenvalue weighted by Crippen LogP contribution is -2.12. The van der Waals surface area contributed by atoms with Gasteiger partial charge in [0, 0.05) is 5.88 Å². The molecule has 0 saturated heterocycles. The third-order valence-corrected chi connectivity index (χ3v) is 2.43. The molecule has 0 saturated carbocycles. The molecule has 0 aliphatic carbocycles. The predicted octanol–water partition coefficient (Wildman–Crippen LogP) is 2.49. The van der Waals surface area contributed by atoms with E-state index in [9.17, 15) is 4.79 Å². The van der Waals surface area contributed by atoms with Gasteiger partial charge in [-0.1, -0.05) is 12.1 Å². The molecular weight excluding hydrogens is 216 g/mol. The summed E-state index contributed by atoms with van der Waals surface area (Å²) in [4.78, 5) is 11.0. The first-order chi connectivity index (χ1) is 7.19. The summed E-state index contributed by atoms with van der Waals surface area (Å²) in [5.41, 5.74) is 0.754. The zero-order chi connectivity index (χ0) is 11.3. The van der Waals surface area contributed by atoms with Crippen LogP contribution in [0, 0.1) is 0 Å². The van der Waals surface area contributed by atoms with Crippen LogP contribution in [0.3, 0.4) is 0 Å². The van der Waals surface area contributed by atoms with Crippen molar-refractivity contribution in [3.8, 4) is 5.75 Å². The topological polar surface area (TPSA) is 46.5 Å². The maximum atomic E-state index is 11.0. The largest absolute Gasteiger partial charge is 0.497 e. The molecule has 0 fully saturated rings. The molecule has 1 aromatic rings. The lowest BCUT2D eigenvalue weighted by molar-refractivity contribution is -0.138. The van der Waals surface area contributed by atoms with Gasteiger partial charge >= 0.3 is 5.97 Å². The van der Waals surface area contributed by atoms with Gasteiger partial charge in [0.2, 0.25) is 0 Å². The zero-order valence-electron chi connectivity index (χ0n) is 8.44. The van der Waals surface area contributed by atoms with Crippen LogP contribution >= 0.6 is 11.6 Å². The van der Waals surface area contributed by atoms with Crippen LogP contribution < -0.4 is 4.74 Å². The Kier molecular flexibility index (Phi) is 4.43. The van der Waals surface area contributed by atoms with Gasteiger partial charge in [-0.05, 0) is 24.1 Å². The fourth-order valence-electron chi connectivity index (χ4n) is 1.38. The summed E-state index contributed by atoms with van der Waals surface area (Å²) in [7, 11) is 1.57. The SMILES string of the molecule is COc1ccc(C(CCCl)C(=O)O)cc1. The van der Waals surface area contributed by atoms with Gasteiger partial charge < -0.3 is 9.84 Å².